The van der Waals surface area contributed by atoms with Crippen LogP contribution in [0.4, 0.5) is 5.69 Å². The molecule has 5 heteroatoms. The molecule has 0 bridgehead atoms. The maximum atomic E-state index is 11.4. The lowest BCUT2D eigenvalue weighted by atomic mass is 10.2. The van der Waals surface area contributed by atoms with Gasteiger partial charge in [-0.2, -0.15) is 0 Å². The molecule has 1 heterocycles. The van der Waals surface area contributed by atoms with Gasteiger partial charge in [-0.1, -0.05) is 0 Å². The summed E-state index contributed by atoms with van der Waals surface area (Å²) in [5, 5.41) is 3.31. The molecule has 0 radical (unpaired) electrons. The lowest BCUT2D eigenvalue weighted by molar-refractivity contribution is 0.0600. The molecule has 1 aromatic carbocycles. The third-order valence-corrected chi connectivity index (χ3v) is 3.46. The van der Waals surface area contributed by atoms with E-state index in [-0.39, 0.29) is 5.97 Å². The van der Waals surface area contributed by atoms with Crippen LogP contribution in [-0.2, 0) is 4.74 Å². The van der Waals surface area contributed by atoms with E-state index >= 15 is 0 Å². The molecule has 0 atom stereocenters. The van der Waals surface area contributed by atoms with Crippen LogP contribution in [0.5, 0.6) is 0 Å². The molecule has 1 aliphatic rings. The van der Waals surface area contributed by atoms with Gasteiger partial charge in [-0.25, -0.2) is 4.79 Å². The van der Waals surface area contributed by atoms with Crippen molar-refractivity contribution in [1.82, 2.24) is 5.32 Å². The number of nitrogens with one attached hydrogen (secondary N) is 1. The number of nitrogens with zero attached hydrogens (tertiary/aromatic N) is 1. The smallest absolute Gasteiger partial charge is 0.337 e. The summed E-state index contributed by atoms with van der Waals surface area (Å²) in [6.07, 6.45) is 0. The highest BCUT2D eigenvalue weighted by molar-refractivity contribution is 9.10. The molecule has 0 aliphatic carbocycles. The van der Waals surface area contributed by atoms with Crippen molar-refractivity contribution in [3.8, 4) is 0 Å². The number of hydrogen-bond donors (Lipinski definition) is 1. The molecule has 1 fully saturated rings. The largest absolute Gasteiger partial charge is 0.465 e. The van der Waals surface area contributed by atoms with Gasteiger partial charge < -0.3 is 15.0 Å². The number of carbonyl (C=O) groups excluding carboxylic acids is 1. The summed E-state index contributed by atoms with van der Waals surface area (Å²) in [4.78, 5) is 13.7. The van der Waals surface area contributed by atoms with Crippen LogP contribution >= 0.6 is 15.9 Å². The van der Waals surface area contributed by atoms with Gasteiger partial charge in [0, 0.05) is 30.7 Å². The highest BCUT2D eigenvalue weighted by Gasteiger charge is 2.15. The van der Waals surface area contributed by atoms with E-state index < -0.39 is 0 Å². The van der Waals surface area contributed by atoms with Gasteiger partial charge in [0.15, 0.2) is 0 Å². The van der Waals surface area contributed by atoms with Crippen LogP contribution in [0, 0.1) is 0 Å². The van der Waals surface area contributed by atoms with Crippen molar-refractivity contribution >= 4 is 27.6 Å². The summed E-state index contributed by atoms with van der Waals surface area (Å²) in [6, 6.07) is 5.57. The molecule has 1 saturated heterocycles. The molecule has 0 amide bonds. The van der Waals surface area contributed by atoms with Crippen molar-refractivity contribution in [1.29, 1.82) is 0 Å². The van der Waals surface area contributed by atoms with Crippen LogP contribution in [0.3, 0.4) is 0 Å². The van der Waals surface area contributed by atoms with Crippen molar-refractivity contribution in [3.63, 3.8) is 0 Å². The molecule has 92 valence electrons. The Bertz CT molecular complexity index is 417. The number of methoxy groups -OCH3 is 1. The minimum absolute atomic E-state index is 0.308. The first-order valence-electron chi connectivity index (χ1n) is 5.56. The molecule has 0 unspecified atom stereocenters. The third-order valence-electron chi connectivity index (χ3n) is 2.83. The molecule has 17 heavy (non-hydrogen) atoms. The fourth-order valence-corrected chi connectivity index (χ4v) is 2.54. The van der Waals surface area contributed by atoms with Crippen LogP contribution < -0.4 is 10.2 Å². The first-order chi connectivity index (χ1) is 8.22. The number of esters is 1. The van der Waals surface area contributed by atoms with Crippen molar-refractivity contribution in [2.45, 2.75) is 0 Å². The fraction of sp³-hybridized carbons (Fsp3) is 0.417. The van der Waals surface area contributed by atoms with E-state index in [1.54, 1.807) is 6.07 Å². The summed E-state index contributed by atoms with van der Waals surface area (Å²) in [5.74, 6) is -0.308. The van der Waals surface area contributed by atoms with Gasteiger partial charge in [0.2, 0.25) is 0 Å². The lowest BCUT2D eigenvalue weighted by Gasteiger charge is -2.30. The van der Waals surface area contributed by atoms with Crippen molar-refractivity contribution in [2.75, 3.05) is 38.2 Å². The number of ether oxygens (including phenoxy) is 1. The Morgan fingerprint density at radius 3 is 2.71 bits per heavy atom. The van der Waals surface area contributed by atoms with Gasteiger partial charge in [0.25, 0.3) is 0 Å². The zero-order valence-electron chi connectivity index (χ0n) is 9.70. The molecule has 0 spiro atoms. The van der Waals surface area contributed by atoms with Gasteiger partial charge in [-0.15, -0.1) is 0 Å². The molecule has 1 aromatic rings. The van der Waals surface area contributed by atoms with E-state index in [0.29, 0.717) is 5.56 Å². The molecule has 4 nitrogen and oxygen atoms in total. The van der Waals surface area contributed by atoms with Gasteiger partial charge in [0.1, 0.15) is 0 Å². The van der Waals surface area contributed by atoms with E-state index in [1.165, 1.54) is 7.11 Å². The summed E-state index contributed by atoms with van der Waals surface area (Å²) in [5.41, 5.74) is 1.69. The molecular formula is C12H15BrN2O2. The van der Waals surface area contributed by atoms with Gasteiger partial charge in [-0.3, -0.25) is 0 Å². The number of halogens is 1. The Morgan fingerprint density at radius 1 is 1.41 bits per heavy atom. The van der Waals surface area contributed by atoms with Crippen LogP contribution in [0.15, 0.2) is 22.7 Å². The third kappa shape index (κ3) is 2.79. The normalized spacial score (nSPS) is 15.8. The SMILES string of the molecule is COC(=O)c1ccc(N2CCNCC2)c(Br)c1. The monoisotopic (exact) mass is 298 g/mol. The average Bonchev–Trinajstić information content (AvgIpc) is 2.38. The zero-order valence-corrected chi connectivity index (χ0v) is 11.3. The molecule has 2 rings (SSSR count). The van der Waals surface area contributed by atoms with Crippen LogP contribution in [0.1, 0.15) is 10.4 Å². The summed E-state index contributed by atoms with van der Waals surface area (Å²) >= 11 is 3.51. The van der Waals surface area contributed by atoms with Crippen molar-refractivity contribution in [2.24, 2.45) is 0 Å². The first kappa shape index (κ1) is 12.4. The average molecular weight is 299 g/mol. The van der Waals surface area contributed by atoms with Gasteiger partial charge >= 0.3 is 5.97 Å². The quantitative estimate of drug-likeness (QED) is 0.843. The number of hydrogen-bond acceptors (Lipinski definition) is 4. The molecule has 1 N–H and O–H groups in total. The van der Waals surface area contributed by atoms with Crippen LogP contribution in [0.2, 0.25) is 0 Å². The molecule has 0 saturated carbocycles. The topological polar surface area (TPSA) is 41.6 Å². The number of piperazine rings is 1. The summed E-state index contributed by atoms with van der Waals surface area (Å²) in [6.45, 7) is 3.95. The van der Waals surface area contributed by atoms with Crippen molar-refractivity contribution in [3.05, 3.63) is 28.2 Å². The Hall–Kier alpha value is -1.07. The number of carbonyl (C=O) groups is 1. The van der Waals surface area contributed by atoms with E-state index in [2.05, 4.69) is 26.1 Å². The highest BCUT2D eigenvalue weighted by atomic mass is 79.9. The second-order valence-electron chi connectivity index (χ2n) is 3.89. The number of benzene rings is 1. The van der Waals surface area contributed by atoms with E-state index in [1.807, 2.05) is 12.1 Å². The summed E-state index contributed by atoms with van der Waals surface area (Å²) in [7, 11) is 1.39. The van der Waals surface area contributed by atoms with Gasteiger partial charge in [0.05, 0.1) is 18.4 Å². The second-order valence-corrected chi connectivity index (χ2v) is 4.75. The summed E-state index contributed by atoms with van der Waals surface area (Å²) < 4.78 is 5.63. The van der Waals surface area contributed by atoms with Crippen molar-refractivity contribution < 1.29 is 9.53 Å². The minimum Gasteiger partial charge on any atom is -0.465 e. The predicted molar refractivity (Wildman–Crippen MR) is 70.6 cm³/mol. The van der Waals surface area contributed by atoms with E-state index in [9.17, 15) is 4.79 Å². The Labute approximate surface area is 109 Å². The maximum absolute atomic E-state index is 11.4. The lowest BCUT2D eigenvalue weighted by Crippen LogP contribution is -2.43. The minimum atomic E-state index is -0.308. The first-order valence-corrected chi connectivity index (χ1v) is 6.35. The number of anilines is 1. The van der Waals surface area contributed by atoms with Crippen LogP contribution in [-0.4, -0.2) is 39.3 Å². The Morgan fingerprint density at radius 2 is 2.12 bits per heavy atom. The Kier molecular flexibility index (Phi) is 4.02. The molecule has 0 aromatic heterocycles. The zero-order chi connectivity index (χ0) is 12.3. The second kappa shape index (κ2) is 5.51. The molecular weight excluding hydrogens is 284 g/mol. The van der Waals surface area contributed by atoms with Gasteiger partial charge in [-0.05, 0) is 34.1 Å². The Balaban J connectivity index is 2.21. The van der Waals surface area contributed by atoms with Crippen LogP contribution in [0.25, 0.3) is 0 Å². The number of rotatable bonds is 2. The predicted octanol–water partition coefficient (Wildman–Crippen LogP) is 1.65. The highest BCUT2D eigenvalue weighted by Crippen LogP contribution is 2.27. The van der Waals surface area contributed by atoms with E-state index in [4.69, 9.17) is 4.74 Å². The maximum Gasteiger partial charge on any atom is 0.337 e. The van der Waals surface area contributed by atoms with E-state index in [0.717, 1.165) is 36.3 Å². The molecule has 1 aliphatic heterocycles. The standard InChI is InChI=1S/C12H15BrN2O2/c1-17-12(16)9-2-3-11(10(13)8-9)15-6-4-14-5-7-15/h2-3,8,14H,4-7H2,1H3. The fourth-order valence-electron chi connectivity index (χ4n) is 1.91.